The predicted octanol–water partition coefficient (Wildman–Crippen LogP) is 2.39. The molecule has 3 nitrogen and oxygen atoms in total. The van der Waals surface area contributed by atoms with Gasteiger partial charge >= 0.3 is 0 Å². The second-order valence-corrected chi connectivity index (χ2v) is 5.97. The molecular formula is C17H24O3. The number of hydrogen-bond donors (Lipinski definition) is 2. The van der Waals surface area contributed by atoms with Crippen molar-refractivity contribution in [3.63, 3.8) is 0 Å². The predicted molar refractivity (Wildman–Crippen MR) is 80.0 cm³/mol. The lowest BCUT2D eigenvalue weighted by Gasteiger charge is -2.44. The van der Waals surface area contributed by atoms with Gasteiger partial charge in [-0.2, -0.15) is 0 Å². The molecule has 1 atom stereocenters. The van der Waals surface area contributed by atoms with Crippen molar-refractivity contribution in [3.05, 3.63) is 22.8 Å². The molecule has 110 valence electrons. The van der Waals surface area contributed by atoms with E-state index in [-0.39, 0.29) is 12.4 Å². The van der Waals surface area contributed by atoms with Gasteiger partial charge in [0.2, 0.25) is 0 Å². The maximum Gasteiger partial charge on any atom is 0.159 e. The van der Waals surface area contributed by atoms with Gasteiger partial charge in [-0.3, -0.25) is 4.79 Å². The van der Waals surface area contributed by atoms with Crippen LogP contribution in [0, 0.1) is 17.3 Å². The quantitative estimate of drug-likeness (QED) is 0.761. The zero-order valence-electron chi connectivity index (χ0n) is 13.0. The molecule has 0 heterocycles. The molecule has 1 aliphatic rings. The summed E-state index contributed by atoms with van der Waals surface area (Å²) in [7, 11) is 0. The van der Waals surface area contributed by atoms with Crippen LogP contribution in [-0.2, 0) is 4.79 Å². The fraction of sp³-hybridized carbons (Fsp3) is 0.588. The third-order valence-electron chi connectivity index (χ3n) is 4.11. The Morgan fingerprint density at radius 1 is 1.45 bits per heavy atom. The van der Waals surface area contributed by atoms with Gasteiger partial charge in [0, 0.05) is 11.8 Å². The number of ketones is 1. The fourth-order valence-electron chi connectivity index (χ4n) is 2.67. The molecule has 0 saturated heterocycles. The maximum atomic E-state index is 12.1. The van der Waals surface area contributed by atoms with Crippen LogP contribution in [0.25, 0.3) is 0 Å². The highest BCUT2D eigenvalue weighted by Gasteiger charge is 2.49. The zero-order valence-corrected chi connectivity index (χ0v) is 13.0. The summed E-state index contributed by atoms with van der Waals surface area (Å²) in [6, 6.07) is 0. The van der Waals surface area contributed by atoms with E-state index < -0.39 is 11.0 Å². The van der Waals surface area contributed by atoms with E-state index in [0.29, 0.717) is 29.6 Å². The van der Waals surface area contributed by atoms with E-state index in [0.717, 1.165) is 0 Å². The van der Waals surface area contributed by atoms with Gasteiger partial charge in [-0.05, 0) is 43.1 Å². The summed E-state index contributed by atoms with van der Waals surface area (Å²) in [6.07, 6.45) is 2.49. The highest BCUT2D eigenvalue weighted by atomic mass is 16.3. The molecule has 0 saturated carbocycles. The number of carbonyl (C=O) groups is 1. The van der Waals surface area contributed by atoms with Gasteiger partial charge in [0.05, 0.1) is 6.61 Å². The maximum absolute atomic E-state index is 12.1. The lowest BCUT2D eigenvalue weighted by molar-refractivity contribution is -0.122. The van der Waals surface area contributed by atoms with E-state index in [2.05, 4.69) is 11.8 Å². The molecule has 20 heavy (non-hydrogen) atoms. The minimum absolute atomic E-state index is 0.0736. The molecule has 1 rings (SSSR count). The van der Waals surface area contributed by atoms with E-state index >= 15 is 0 Å². The van der Waals surface area contributed by atoms with Crippen molar-refractivity contribution in [2.75, 3.05) is 6.61 Å². The first-order chi connectivity index (χ1) is 9.19. The number of Topliss-reactive ketones (excluding diaryl/α,β-unsaturated/α-hetero) is 1. The molecule has 0 aliphatic heterocycles. The third kappa shape index (κ3) is 2.87. The highest BCUT2D eigenvalue weighted by Crippen LogP contribution is 2.45. The van der Waals surface area contributed by atoms with Gasteiger partial charge in [-0.15, -0.1) is 0 Å². The number of aliphatic hydroxyl groups excluding tert-OH is 1. The molecule has 0 radical (unpaired) electrons. The molecule has 0 spiro atoms. The Morgan fingerprint density at radius 3 is 2.55 bits per heavy atom. The Balaban J connectivity index is 3.39. The van der Waals surface area contributed by atoms with Gasteiger partial charge in [-0.1, -0.05) is 32.6 Å². The highest BCUT2D eigenvalue weighted by molar-refractivity contribution is 5.98. The molecule has 0 aromatic rings. The molecule has 0 aromatic carbocycles. The van der Waals surface area contributed by atoms with Gasteiger partial charge < -0.3 is 10.2 Å². The van der Waals surface area contributed by atoms with Crippen LogP contribution >= 0.6 is 0 Å². The lowest BCUT2D eigenvalue weighted by Crippen LogP contribution is -2.49. The summed E-state index contributed by atoms with van der Waals surface area (Å²) in [5.41, 5.74) is 0.116. The first-order valence-electron chi connectivity index (χ1n) is 6.96. The summed E-state index contributed by atoms with van der Waals surface area (Å²) in [5, 5.41) is 19.9. The van der Waals surface area contributed by atoms with Crippen LogP contribution in [0.5, 0.6) is 0 Å². The van der Waals surface area contributed by atoms with Gasteiger partial charge in [0.1, 0.15) is 0 Å². The van der Waals surface area contributed by atoms with Crippen molar-refractivity contribution < 1.29 is 15.0 Å². The summed E-state index contributed by atoms with van der Waals surface area (Å²) in [4.78, 5) is 12.1. The van der Waals surface area contributed by atoms with Crippen molar-refractivity contribution >= 4 is 5.78 Å². The summed E-state index contributed by atoms with van der Waals surface area (Å²) >= 11 is 0. The standard InChI is InChI=1S/C17H24O3/c1-6-14-13(3)17(20,9-7-12(2)8-10-18)16(4,5)11-15(14)19/h8,18,20H,6,10-11H2,1-5H3. The normalized spacial score (nSPS) is 26.4. The van der Waals surface area contributed by atoms with E-state index in [1.54, 1.807) is 19.9 Å². The molecule has 0 aromatic heterocycles. The van der Waals surface area contributed by atoms with Crippen LogP contribution in [0.2, 0.25) is 0 Å². The monoisotopic (exact) mass is 276 g/mol. The van der Waals surface area contributed by atoms with Crippen LogP contribution in [0.1, 0.15) is 47.5 Å². The smallest absolute Gasteiger partial charge is 0.159 e. The zero-order chi connectivity index (χ0) is 15.6. The number of hydrogen-bond acceptors (Lipinski definition) is 3. The summed E-state index contributed by atoms with van der Waals surface area (Å²) in [6.45, 7) is 9.14. The second kappa shape index (κ2) is 5.95. The van der Waals surface area contributed by atoms with Crippen molar-refractivity contribution in [1.82, 2.24) is 0 Å². The van der Waals surface area contributed by atoms with Crippen LogP contribution in [0.3, 0.4) is 0 Å². The van der Waals surface area contributed by atoms with Gasteiger partial charge in [0.15, 0.2) is 11.4 Å². The average Bonchev–Trinajstić information content (AvgIpc) is 2.34. The van der Waals surface area contributed by atoms with E-state index in [1.165, 1.54) is 0 Å². The number of carbonyl (C=O) groups excluding carboxylic acids is 1. The van der Waals surface area contributed by atoms with Crippen molar-refractivity contribution in [3.8, 4) is 11.8 Å². The Kier molecular flexibility index (Phi) is 4.96. The molecule has 2 N–H and O–H groups in total. The van der Waals surface area contributed by atoms with Gasteiger partial charge in [0.25, 0.3) is 0 Å². The molecule has 3 heteroatoms. The first-order valence-corrected chi connectivity index (χ1v) is 6.96. The van der Waals surface area contributed by atoms with Crippen LogP contribution in [0.4, 0.5) is 0 Å². The molecule has 0 amide bonds. The molecular weight excluding hydrogens is 252 g/mol. The van der Waals surface area contributed by atoms with Crippen LogP contribution in [0.15, 0.2) is 22.8 Å². The Morgan fingerprint density at radius 2 is 2.05 bits per heavy atom. The van der Waals surface area contributed by atoms with Crippen LogP contribution in [-0.4, -0.2) is 28.2 Å². The first kappa shape index (κ1) is 16.7. The Bertz CT molecular complexity index is 526. The van der Waals surface area contributed by atoms with E-state index in [9.17, 15) is 9.90 Å². The molecule has 0 bridgehead atoms. The number of aliphatic hydroxyl groups is 2. The van der Waals surface area contributed by atoms with Gasteiger partial charge in [-0.25, -0.2) is 0 Å². The number of rotatable bonds is 2. The SMILES string of the molecule is CCC1=C(C)C(O)(C#CC(C)=CCO)C(C)(C)CC1=O. The van der Waals surface area contributed by atoms with Crippen LogP contribution < -0.4 is 0 Å². The van der Waals surface area contributed by atoms with E-state index in [1.807, 2.05) is 20.8 Å². The number of allylic oxidation sites excluding steroid dienone is 2. The van der Waals surface area contributed by atoms with Crippen molar-refractivity contribution in [2.24, 2.45) is 5.41 Å². The summed E-state index contributed by atoms with van der Waals surface area (Å²) < 4.78 is 0. The lowest BCUT2D eigenvalue weighted by atomic mass is 9.62. The fourth-order valence-corrected chi connectivity index (χ4v) is 2.67. The molecule has 1 unspecified atom stereocenters. The average molecular weight is 276 g/mol. The minimum Gasteiger partial charge on any atom is -0.392 e. The topological polar surface area (TPSA) is 57.5 Å². The van der Waals surface area contributed by atoms with E-state index in [4.69, 9.17) is 5.11 Å². The van der Waals surface area contributed by atoms with Crippen molar-refractivity contribution in [2.45, 2.75) is 53.1 Å². The third-order valence-corrected chi connectivity index (χ3v) is 4.11. The Labute approximate surface area is 121 Å². The molecule has 1 aliphatic carbocycles. The molecule has 0 fully saturated rings. The second-order valence-electron chi connectivity index (χ2n) is 5.97. The Hall–Kier alpha value is -1.37. The summed E-state index contributed by atoms with van der Waals surface area (Å²) in [5.74, 6) is 5.92. The minimum atomic E-state index is -1.31. The largest absolute Gasteiger partial charge is 0.392 e. The van der Waals surface area contributed by atoms with Crippen molar-refractivity contribution in [1.29, 1.82) is 0 Å².